The van der Waals surface area contributed by atoms with E-state index in [4.69, 9.17) is 14.6 Å². The fourth-order valence-corrected chi connectivity index (χ4v) is 2.13. The highest BCUT2D eigenvalue weighted by Gasteiger charge is 2.12. The van der Waals surface area contributed by atoms with E-state index in [-0.39, 0.29) is 5.56 Å². The molecule has 1 saturated heterocycles. The molecule has 1 heterocycles. The van der Waals surface area contributed by atoms with Gasteiger partial charge in [-0.3, -0.25) is 4.90 Å². The van der Waals surface area contributed by atoms with Gasteiger partial charge in [0, 0.05) is 25.2 Å². The molecule has 0 saturated carbocycles. The highest BCUT2D eigenvalue weighted by atomic mass is 16.6. The fraction of sp³-hybridized carbons (Fsp3) is 0.467. The van der Waals surface area contributed by atoms with Gasteiger partial charge in [-0.05, 0) is 18.2 Å². The first-order chi connectivity index (χ1) is 10.7. The molecule has 22 heavy (non-hydrogen) atoms. The Hall–Kier alpha value is -2.12. The SMILES string of the molecule is CON=Cc1cc(C(=O)O)ccc1OCCN1CCOCC1. The molecule has 1 N–H and O–H groups in total. The van der Waals surface area contributed by atoms with Gasteiger partial charge in [0.25, 0.3) is 0 Å². The first-order valence-electron chi connectivity index (χ1n) is 7.07. The highest BCUT2D eigenvalue weighted by Crippen LogP contribution is 2.19. The lowest BCUT2D eigenvalue weighted by Crippen LogP contribution is -2.38. The van der Waals surface area contributed by atoms with Crippen LogP contribution in [-0.2, 0) is 9.57 Å². The van der Waals surface area contributed by atoms with E-state index in [1.165, 1.54) is 25.5 Å². The number of morpholine rings is 1. The summed E-state index contributed by atoms with van der Waals surface area (Å²) in [6.07, 6.45) is 1.44. The number of oxime groups is 1. The molecular formula is C15H20N2O5. The van der Waals surface area contributed by atoms with E-state index < -0.39 is 5.97 Å². The third kappa shape index (κ3) is 4.71. The van der Waals surface area contributed by atoms with Crippen molar-refractivity contribution < 1.29 is 24.2 Å². The maximum absolute atomic E-state index is 11.0. The lowest BCUT2D eigenvalue weighted by molar-refractivity contribution is 0.0322. The van der Waals surface area contributed by atoms with E-state index in [1.54, 1.807) is 6.07 Å². The summed E-state index contributed by atoms with van der Waals surface area (Å²) in [7, 11) is 1.43. The summed E-state index contributed by atoms with van der Waals surface area (Å²) in [5.41, 5.74) is 0.752. The summed E-state index contributed by atoms with van der Waals surface area (Å²) in [5.74, 6) is -0.411. The van der Waals surface area contributed by atoms with Crippen molar-refractivity contribution in [1.82, 2.24) is 4.90 Å². The summed E-state index contributed by atoms with van der Waals surface area (Å²) >= 11 is 0. The molecule has 0 atom stereocenters. The van der Waals surface area contributed by atoms with E-state index in [1.807, 2.05) is 0 Å². The number of ether oxygens (including phenoxy) is 2. The standard InChI is InChI=1S/C15H20N2O5/c1-20-16-11-13-10-12(15(18)19)2-3-14(13)22-9-6-17-4-7-21-8-5-17/h2-3,10-11H,4-9H2,1H3,(H,18,19). The maximum Gasteiger partial charge on any atom is 0.335 e. The topological polar surface area (TPSA) is 80.6 Å². The van der Waals surface area contributed by atoms with Gasteiger partial charge >= 0.3 is 5.97 Å². The Balaban J connectivity index is 1.98. The van der Waals surface area contributed by atoms with E-state index in [2.05, 4.69) is 14.9 Å². The minimum atomic E-state index is -0.994. The minimum absolute atomic E-state index is 0.179. The second-order valence-corrected chi connectivity index (χ2v) is 4.78. The van der Waals surface area contributed by atoms with Crippen LogP contribution < -0.4 is 4.74 Å². The van der Waals surface area contributed by atoms with Crippen LogP contribution in [0.1, 0.15) is 15.9 Å². The molecule has 0 radical (unpaired) electrons. The van der Waals surface area contributed by atoms with Crippen molar-refractivity contribution in [3.63, 3.8) is 0 Å². The number of carboxylic acid groups (broad SMARTS) is 1. The van der Waals surface area contributed by atoms with Gasteiger partial charge in [-0.2, -0.15) is 0 Å². The number of benzene rings is 1. The van der Waals surface area contributed by atoms with Crippen molar-refractivity contribution in [3.8, 4) is 5.75 Å². The fourth-order valence-electron chi connectivity index (χ4n) is 2.13. The largest absolute Gasteiger partial charge is 0.492 e. The Morgan fingerprint density at radius 2 is 2.23 bits per heavy atom. The Morgan fingerprint density at radius 1 is 1.45 bits per heavy atom. The molecule has 7 heteroatoms. The van der Waals surface area contributed by atoms with Gasteiger partial charge in [0.05, 0.1) is 25.0 Å². The minimum Gasteiger partial charge on any atom is -0.492 e. The maximum atomic E-state index is 11.0. The molecule has 0 aliphatic carbocycles. The summed E-state index contributed by atoms with van der Waals surface area (Å²) in [6, 6.07) is 4.66. The Morgan fingerprint density at radius 3 is 2.91 bits per heavy atom. The number of aromatic carboxylic acids is 1. The Labute approximate surface area is 129 Å². The number of hydrogen-bond donors (Lipinski definition) is 1. The van der Waals surface area contributed by atoms with Crippen molar-refractivity contribution in [2.75, 3.05) is 46.6 Å². The van der Waals surface area contributed by atoms with Crippen LogP contribution in [0.15, 0.2) is 23.4 Å². The van der Waals surface area contributed by atoms with Crippen molar-refractivity contribution in [1.29, 1.82) is 0 Å². The van der Waals surface area contributed by atoms with E-state index in [0.717, 1.165) is 32.8 Å². The monoisotopic (exact) mass is 308 g/mol. The van der Waals surface area contributed by atoms with Gasteiger partial charge in [-0.1, -0.05) is 5.16 Å². The van der Waals surface area contributed by atoms with Crippen LogP contribution in [0.2, 0.25) is 0 Å². The zero-order valence-corrected chi connectivity index (χ0v) is 12.5. The highest BCUT2D eigenvalue weighted by molar-refractivity contribution is 5.92. The number of hydrogen-bond acceptors (Lipinski definition) is 6. The molecule has 2 rings (SSSR count). The van der Waals surface area contributed by atoms with Crippen LogP contribution in [0.25, 0.3) is 0 Å². The van der Waals surface area contributed by atoms with E-state index in [9.17, 15) is 4.79 Å². The molecule has 7 nitrogen and oxygen atoms in total. The molecule has 1 aromatic carbocycles. The average molecular weight is 308 g/mol. The predicted molar refractivity (Wildman–Crippen MR) is 80.8 cm³/mol. The molecule has 0 amide bonds. The van der Waals surface area contributed by atoms with Crippen LogP contribution in [0, 0.1) is 0 Å². The number of rotatable bonds is 7. The normalized spacial score (nSPS) is 15.9. The second-order valence-electron chi connectivity index (χ2n) is 4.78. The summed E-state index contributed by atoms with van der Waals surface area (Å²) in [4.78, 5) is 17.9. The second kappa shape index (κ2) is 8.35. The molecule has 0 spiro atoms. The van der Waals surface area contributed by atoms with Crippen molar-refractivity contribution >= 4 is 12.2 Å². The molecule has 120 valence electrons. The van der Waals surface area contributed by atoms with Gasteiger partial charge in [0.2, 0.25) is 0 Å². The van der Waals surface area contributed by atoms with Gasteiger partial charge in [-0.25, -0.2) is 4.79 Å². The summed E-state index contributed by atoms with van der Waals surface area (Å²) < 4.78 is 11.0. The Bertz CT molecular complexity index is 527. The third-order valence-corrected chi connectivity index (χ3v) is 3.32. The van der Waals surface area contributed by atoms with Crippen molar-refractivity contribution in [2.45, 2.75) is 0 Å². The van der Waals surface area contributed by atoms with Crippen LogP contribution in [0.5, 0.6) is 5.75 Å². The first kappa shape index (κ1) is 16.3. The zero-order valence-electron chi connectivity index (χ0n) is 12.5. The first-order valence-corrected chi connectivity index (χ1v) is 7.07. The molecule has 0 bridgehead atoms. The Kier molecular flexibility index (Phi) is 6.17. The number of carbonyl (C=O) groups is 1. The lowest BCUT2D eigenvalue weighted by Gasteiger charge is -2.26. The van der Waals surface area contributed by atoms with Gasteiger partial charge in [0.15, 0.2) is 0 Å². The zero-order chi connectivity index (χ0) is 15.8. The third-order valence-electron chi connectivity index (χ3n) is 3.32. The summed E-state index contributed by atoms with van der Waals surface area (Å²) in [5, 5.41) is 12.7. The van der Waals surface area contributed by atoms with E-state index >= 15 is 0 Å². The van der Waals surface area contributed by atoms with Crippen LogP contribution in [0.3, 0.4) is 0 Å². The van der Waals surface area contributed by atoms with Crippen molar-refractivity contribution in [3.05, 3.63) is 29.3 Å². The van der Waals surface area contributed by atoms with Gasteiger partial charge in [0.1, 0.15) is 19.5 Å². The molecule has 1 aromatic rings. The van der Waals surface area contributed by atoms with Crippen LogP contribution in [-0.4, -0.2) is 68.8 Å². The molecule has 1 aliphatic rings. The molecule has 0 aromatic heterocycles. The van der Waals surface area contributed by atoms with Gasteiger partial charge < -0.3 is 19.4 Å². The predicted octanol–water partition coefficient (Wildman–Crippen LogP) is 1.08. The lowest BCUT2D eigenvalue weighted by atomic mass is 10.1. The van der Waals surface area contributed by atoms with Crippen LogP contribution in [0.4, 0.5) is 0 Å². The van der Waals surface area contributed by atoms with Crippen LogP contribution >= 0.6 is 0 Å². The van der Waals surface area contributed by atoms with Gasteiger partial charge in [-0.15, -0.1) is 0 Å². The molecule has 1 aliphatic heterocycles. The summed E-state index contributed by atoms with van der Waals surface area (Å²) in [6.45, 7) is 4.61. The van der Waals surface area contributed by atoms with E-state index in [0.29, 0.717) is 17.9 Å². The molecule has 1 fully saturated rings. The number of nitrogens with zero attached hydrogens (tertiary/aromatic N) is 2. The quantitative estimate of drug-likeness (QED) is 0.599. The number of carboxylic acids is 1. The van der Waals surface area contributed by atoms with Crippen molar-refractivity contribution in [2.24, 2.45) is 5.16 Å². The average Bonchev–Trinajstić information content (AvgIpc) is 2.54. The molecular weight excluding hydrogens is 288 g/mol. The molecule has 0 unspecified atom stereocenters. The smallest absolute Gasteiger partial charge is 0.335 e.